The largest absolute Gasteiger partial charge is 0.444 e. The van der Waals surface area contributed by atoms with E-state index in [2.05, 4.69) is 20.7 Å². The van der Waals surface area contributed by atoms with Gasteiger partial charge in [-0.1, -0.05) is 12.8 Å². The number of hydrogen-bond donors (Lipinski definition) is 2. The normalized spacial score (nSPS) is 19.5. The number of fused-ring (bicyclic) bond motifs is 1. The van der Waals surface area contributed by atoms with Crippen LogP contribution in [-0.2, 0) is 23.1 Å². The third kappa shape index (κ3) is 6.48. The van der Waals surface area contributed by atoms with Gasteiger partial charge in [-0.05, 0) is 54.4 Å². The minimum absolute atomic E-state index is 0.00369. The van der Waals surface area contributed by atoms with Crippen LogP contribution in [0, 0.1) is 5.82 Å². The molecule has 2 atom stereocenters. The van der Waals surface area contributed by atoms with E-state index in [0.29, 0.717) is 18.4 Å². The maximum absolute atomic E-state index is 16.0. The second kappa shape index (κ2) is 10.5. The van der Waals surface area contributed by atoms with E-state index in [1.807, 2.05) is 0 Å². The van der Waals surface area contributed by atoms with Gasteiger partial charge in [0, 0.05) is 30.4 Å². The Morgan fingerprint density at radius 3 is 2.28 bits per heavy atom. The van der Waals surface area contributed by atoms with E-state index in [9.17, 15) is 14.4 Å². The zero-order valence-corrected chi connectivity index (χ0v) is 23.6. The molecule has 11 nitrogen and oxygen atoms in total. The van der Waals surface area contributed by atoms with Crippen molar-refractivity contribution >= 4 is 23.9 Å². The molecule has 3 amide bonds. The van der Waals surface area contributed by atoms with Crippen molar-refractivity contribution < 1.29 is 28.2 Å². The first-order valence-electron chi connectivity index (χ1n) is 13.2. The lowest BCUT2D eigenvalue weighted by molar-refractivity contribution is 0.0247. The molecule has 0 saturated heterocycles. The predicted molar refractivity (Wildman–Crippen MR) is 142 cm³/mol. The van der Waals surface area contributed by atoms with Crippen LogP contribution in [0.1, 0.15) is 83.1 Å². The number of carbonyl (C=O) groups excluding carboxylic acids is 3. The average Bonchev–Trinajstić information content (AvgIpc) is 3.38. The molecule has 3 heterocycles. The van der Waals surface area contributed by atoms with Crippen LogP contribution in [0.2, 0.25) is 0 Å². The Morgan fingerprint density at radius 1 is 1.05 bits per heavy atom. The summed E-state index contributed by atoms with van der Waals surface area (Å²) >= 11 is 0. The van der Waals surface area contributed by atoms with Gasteiger partial charge in [-0.15, -0.1) is 0 Å². The highest BCUT2D eigenvalue weighted by molar-refractivity contribution is 6.10. The number of imide groups is 1. The van der Waals surface area contributed by atoms with Crippen molar-refractivity contribution in [2.24, 2.45) is 7.05 Å². The van der Waals surface area contributed by atoms with E-state index in [1.165, 1.54) is 6.20 Å². The van der Waals surface area contributed by atoms with Gasteiger partial charge in [0.15, 0.2) is 11.6 Å². The van der Waals surface area contributed by atoms with Crippen LogP contribution in [0.4, 0.5) is 19.8 Å². The van der Waals surface area contributed by atoms with Crippen LogP contribution < -0.4 is 10.6 Å². The molecule has 2 aliphatic rings. The summed E-state index contributed by atoms with van der Waals surface area (Å²) in [7, 11) is 1.72. The fraction of sp³-hybridized carbons (Fsp3) is 0.593. The second-order valence-electron chi connectivity index (χ2n) is 12.0. The van der Waals surface area contributed by atoms with Crippen LogP contribution >= 0.6 is 0 Å². The molecule has 1 saturated carbocycles. The standard InChI is InChI=1S/C27H37FN6O5/c1-26(2,3)38-24(36)31-18-11-9-8-10-17(18)30-22-20(28)16-14-34(25(37)39-27(4,5)6)23(35)19(16)21(32-22)15-12-29-33(7)13-15/h12-13,17-18H,8-11,14H2,1-7H3,(H,30,32)(H,31,36)/t17-,18+/m1/s1. The monoisotopic (exact) mass is 544 g/mol. The van der Waals surface area contributed by atoms with Crippen LogP contribution in [0.25, 0.3) is 11.3 Å². The van der Waals surface area contributed by atoms with E-state index >= 15 is 4.39 Å². The van der Waals surface area contributed by atoms with Crippen molar-refractivity contribution in [2.45, 2.75) is 97.1 Å². The number of halogens is 1. The predicted octanol–water partition coefficient (Wildman–Crippen LogP) is 4.76. The Bertz CT molecular complexity index is 1280. The molecule has 12 heteroatoms. The first-order valence-corrected chi connectivity index (χ1v) is 13.2. The van der Waals surface area contributed by atoms with Gasteiger partial charge in [0.05, 0.1) is 30.0 Å². The lowest BCUT2D eigenvalue weighted by Gasteiger charge is -2.34. The van der Waals surface area contributed by atoms with Gasteiger partial charge in [-0.2, -0.15) is 5.10 Å². The number of aryl methyl sites for hydroxylation is 1. The summed E-state index contributed by atoms with van der Waals surface area (Å²) in [6.07, 6.45) is 4.94. The lowest BCUT2D eigenvalue weighted by Crippen LogP contribution is -2.50. The summed E-state index contributed by atoms with van der Waals surface area (Å²) in [5.41, 5.74) is -0.716. The molecule has 1 fully saturated rings. The Labute approximate surface area is 227 Å². The van der Waals surface area contributed by atoms with E-state index < -0.39 is 35.1 Å². The Balaban J connectivity index is 1.68. The van der Waals surface area contributed by atoms with Crippen LogP contribution in [0.5, 0.6) is 0 Å². The molecule has 2 N–H and O–H groups in total. The maximum Gasteiger partial charge on any atom is 0.417 e. The highest BCUT2D eigenvalue weighted by Crippen LogP contribution is 2.37. The molecule has 0 radical (unpaired) electrons. The van der Waals surface area contributed by atoms with Crippen LogP contribution in [0.15, 0.2) is 12.4 Å². The van der Waals surface area contributed by atoms with E-state index in [-0.39, 0.29) is 41.3 Å². The molecular formula is C27H37FN6O5. The molecule has 1 aliphatic heterocycles. The minimum Gasteiger partial charge on any atom is -0.444 e. The number of carbonyl (C=O) groups is 3. The van der Waals surface area contributed by atoms with Gasteiger partial charge in [-0.25, -0.2) is 23.9 Å². The van der Waals surface area contributed by atoms with E-state index in [0.717, 1.165) is 17.7 Å². The first kappa shape index (κ1) is 28.3. The number of pyridine rings is 1. The molecule has 4 rings (SSSR count). The zero-order chi connectivity index (χ0) is 28.7. The molecule has 2 aromatic rings. The molecule has 2 aromatic heterocycles. The van der Waals surface area contributed by atoms with Crippen molar-refractivity contribution in [3.05, 3.63) is 29.3 Å². The third-order valence-corrected chi connectivity index (χ3v) is 6.39. The molecule has 0 spiro atoms. The van der Waals surface area contributed by atoms with Gasteiger partial charge in [0.2, 0.25) is 0 Å². The number of rotatable bonds is 4. The van der Waals surface area contributed by atoms with Crippen LogP contribution in [0.3, 0.4) is 0 Å². The minimum atomic E-state index is -0.858. The summed E-state index contributed by atoms with van der Waals surface area (Å²) < 4.78 is 28.4. The topological polar surface area (TPSA) is 128 Å². The number of amides is 3. The smallest absolute Gasteiger partial charge is 0.417 e. The molecule has 212 valence electrons. The van der Waals surface area contributed by atoms with Gasteiger partial charge in [-0.3, -0.25) is 9.48 Å². The number of aromatic nitrogens is 3. The Morgan fingerprint density at radius 2 is 1.69 bits per heavy atom. The third-order valence-electron chi connectivity index (χ3n) is 6.39. The quantitative estimate of drug-likeness (QED) is 0.564. The van der Waals surface area contributed by atoms with Crippen LogP contribution in [-0.4, -0.2) is 61.0 Å². The van der Waals surface area contributed by atoms with Gasteiger partial charge < -0.3 is 20.1 Å². The number of alkyl carbamates (subject to hydrolysis) is 1. The SMILES string of the molecule is Cn1cc(-c2nc(N[C@@H]3CCCC[C@@H]3NC(=O)OC(C)(C)C)c(F)c3c2C(=O)N(C(=O)OC(C)(C)C)C3)cn1. The Hall–Kier alpha value is -3.70. The summed E-state index contributed by atoms with van der Waals surface area (Å²) in [5.74, 6) is -1.47. The number of ether oxygens (including phenoxy) is 2. The van der Waals surface area contributed by atoms with Gasteiger partial charge in [0.25, 0.3) is 5.91 Å². The van der Waals surface area contributed by atoms with Gasteiger partial charge >= 0.3 is 12.2 Å². The summed E-state index contributed by atoms with van der Waals surface area (Å²) in [6.45, 7) is 10.1. The van der Waals surface area contributed by atoms with E-state index in [1.54, 1.807) is 59.5 Å². The highest BCUT2D eigenvalue weighted by Gasteiger charge is 2.41. The van der Waals surface area contributed by atoms with E-state index in [4.69, 9.17) is 9.47 Å². The maximum atomic E-state index is 16.0. The summed E-state index contributed by atoms with van der Waals surface area (Å²) in [6, 6.07) is -0.642. The fourth-order valence-corrected chi connectivity index (χ4v) is 4.78. The Kier molecular flexibility index (Phi) is 7.59. The first-order chi connectivity index (χ1) is 18.1. The number of nitrogens with zero attached hydrogens (tertiary/aromatic N) is 4. The summed E-state index contributed by atoms with van der Waals surface area (Å²) in [4.78, 5) is 44.1. The fourth-order valence-electron chi connectivity index (χ4n) is 4.78. The second-order valence-corrected chi connectivity index (χ2v) is 12.0. The number of hydrogen-bond acceptors (Lipinski definition) is 8. The van der Waals surface area contributed by atoms with Crippen molar-refractivity contribution in [2.75, 3.05) is 5.32 Å². The molecule has 0 bridgehead atoms. The number of anilines is 1. The molecule has 0 unspecified atom stereocenters. The lowest BCUT2D eigenvalue weighted by atomic mass is 9.90. The average molecular weight is 545 g/mol. The van der Waals surface area contributed by atoms with Crippen molar-refractivity contribution in [3.8, 4) is 11.3 Å². The number of nitrogens with one attached hydrogen (secondary N) is 2. The molecule has 39 heavy (non-hydrogen) atoms. The molecule has 1 aliphatic carbocycles. The molecular weight excluding hydrogens is 507 g/mol. The van der Waals surface area contributed by atoms with Crippen molar-refractivity contribution in [3.63, 3.8) is 0 Å². The highest BCUT2D eigenvalue weighted by atomic mass is 19.1. The molecule has 0 aromatic carbocycles. The zero-order valence-electron chi connectivity index (χ0n) is 23.6. The summed E-state index contributed by atoms with van der Waals surface area (Å²) in [5, 5.41) is 10.3. The van der Waals surface area contributed by atoms with Crippen molar-refractivity contribution in [1.29, 1.82) is 0 Å². The van der Waals surface area contributed by atoms with Crippen molar-refractivity contribution in [1.82, 2.24) is 25.0 Å². The van der Waals surface area contributed by atoms with Gasteiger partial charge in [0.1, 0.15) is 11.2 Å².